The summed E-state index contributed by atoms with van der Waals surface area (Å²) < 4.78 is 5.04. The topological polar surface area (TPSA) is 71.0 Å². The van der Waals surface area contributed by atoms with Crippen LogP contribution in [-0.2, 0) is 14.4 Å². The number of nitrogens with zero attached hydrogens (tertiary/aromatic N) is 1. The molecule has 0 atom stereocenters. The number of unbranched alkanes of at least 4 members (excludes halogenated alkanes) is 2. The van der Waals surface area contributed by atoms with Crippen molar-refractivity contribution >= 4 is 11.9 Å². The van der Waals surface area contributed by atoms with Gasteiger partial charge in [0.05, 0.1) is 6.61 Å². The molecule has 0 fully saturated rings. The molecule has 5 nitrogen and oxygen atoms in total. The predicted molar refractivity (Wildman–Crippen MR) is 54.2 cm³/mol. The third-order valence-corrected chi connectivity index (χ3v) is 1.66. The first-order valence-electron chi connectivity index (χ1n) is 5.16. The van der Waals surface area contributed by atoms with E-state index in [0.717, 1.165) is 12.8 Å². The molecule has 0 aromatic heterocycles. The summed E-state index contributed by atoms with van der Waals surface area (Å²) in [5.41, 5.74) is 0. The van der Waals surface area contributed by atoms with Crippen molar-refractivity contribution in [3.05, 3.63) is 0 Å². The van der Waals surface area contributed by atoms with E-state index in [4.69, 9.17) is 9.57 Å². The second-order valence-electron chi connectivity index (χ2n) is 3.06. The van der Waals surface area contributed by atoms with Gasteiger partial charge in [-0.25, -0.2) is 0 Å². The summed E-state index contributed by atoms with van der Waals surface area (Å²) in [6, 6.07) is 0. The van der Waals surface area contributed by atoms with E-state index in [9.17, 15) is 9.90 Å². The Hall–Kier alpha value is -0.663. The molecule has 0 amide bonds. The molecule has 0 radical (unpaired) electrons. The van der Waals surface area contributed by atoms with Gasteiger partial charge in [0.2, 0.25) is 5.90 Å². The van der Waals surface area contributed by atoms with Crippen LogP contribution in [0.1, 0.15) is 39.5 Å². The van der Waals surface area contributed by atoms with Gasteiger partial charge < -0.3 is 19.5 Å². The van der Waals surface area contributed by atoms with Crippen LogP contribution in [0, 0.1) is 0 Å². The smallest absolute Gasteiger partial charge is 0.550 e. The van der Waals surface area contributed by atoms with Gasteiger partial charge in [0.15, 0.2) is 0 Å². The Balaban J connectivity index is 0. The molecule has 0 aromatic rings. The largest absolute Gasteiger partial charge is 1.00 e. The Morgan fingerprint density at radius 3 is 2.56 bits per heavy atom. The van der Waals surface area contributed by atoms with Crippen molar-refractivity contribution in [3.63, 3.8) is 0 Å². The fraction of sp³-hybridized carbons (Fsp3) is 0.800. The van der Waals surface area contributed by atoms with Gasteiger partial charge in [0.25, 0.3) is 0 Å². The Bertz CT molecular complexity index is 209. The Morgan fingerprint density at radius 2 is 2.00 bits per heavy atom. The van der Waals surface area contributed by atoms with Crippen molar-refractivity contribution in [2.24, 2.45) is 5.16 Å². The summed E-state index contributed by atoms with van der Waals surface area (Å²) in [5, 5.41) is 13.8. The molecule has 0 unspecified atom stereocenters. The molecule has 0 aromatic carbocycles. The maximum absolute atomic E-state index is 10.1. The summed E-state index contributed by atoms with van der Waals surface area (Å²) in [6.45, 7) is 4.65. The first-order valence-corrected chi connectivity index (χ1v) is 5.16. The number of carbonyl (C=O) groups excluding carboxylic acids is 1. The quantitative estimate of drug-likeness (QED) is 0.152. The van der Waals surface area contributed by atoms with E-state index in [0.29, 0.717) is 25.5 Å². The van der Waals surface area contributed by atoms with Crippen molar-refractivity contribution in [2.75, 3.05) is 13.2 Å². The number of rotatable bonds is 8. The molecule has 16 heavy (non-hydrogen) atoms. The van der Waals surface area contributed by atoms with E-state index in [2.05, 4.69) is 5.16 Å². The molecule has 0 spiro atoms. The normalized spacial score (nSPS) is 10.5. The van der Waals surface area contributed by atoms with Gasteiger partial charge in [-0.2, -0.15) is 0 Å². The van der Waals surface area contributed by atoms with Crippen LogP contribution in [-0.4, -0.2) is 25.1 Å². The van der Waals surface area contributed by atoms with E-state index in [-0.39, 0.29) is 25.3 Å². The van der Waals surface area contributed by atoms with E-state index < -0.39 is 5.97 Å². The average molecular weight is 223 g/mol. The summed E-state index contributed by atoms with van der Waals surface area (Å²) in [7, 11) is 0. The molecule has 0 aliphatic carbocycles. The minimum absolute atomic E-state index is 0. The Labute approximate surface area is 108 Å². The number of ether oxygens (including phenoxy) is 1. The van der Waals surface area contributed by atoms with Crippen molar-refractivity contribution in [1.29, 1.82) is 0 Å². The number of hydrogen-bond acceptors (Lipinski definition) is 5. The summed E-state index contributed by atoms with van der Waals surface area (Å²) in [5.74, 6) is -0.492. The van der Waals surface area contributed by atoms with Gasteiger partial charge in [0, 0.05) is 12.9 Å². The monoisotopic (exact) mass is 223 g/mol. The van der Waals surface area contributed by atoms with Crippen LogP contribution in [0.15, 0.2) is 5.16 Å². The van der Waals surface area contributed by atoms with E-state index in [1.165, 1.54) is 0 Å². The fourth-order valence-electron chi connectivity index (χ4n) is 0.985. The zero-order valence-corrected chi connectivity index (χ0v) is 10.3. The molecule has 0 saturated heterocycles. The molecular weight excluding hydrogens is 205 g/mol. The zero-order valence-electron chi connectivity index (χ0n) is 10.3. The second-order valence-corrected chi connectivity index (χ2v) is 3.06. The maximum Gasteiger partial charge on any atom is 1.00 e. The van der Waals surface area contributed by atoms with Gasteiger partial charge in [-0.1, -0.05) is 5.16 Å². The summed E-state index contributed by atoms with van der Waals surface area (Å²) in [6.07, 6.45) is 2.33. The molecule has 88 valence electrons. The molecule has 0 bridgehead atoms. The number of carboxylic acid groups (broad SMARTS) is 1. The third-order valence-electron chi connectivity index (χ3n) is 1.66. The van der Waals surface area contributed by atoms with Crippen LogP contribution in [0.25, 0.3) is 0 Å². The van der Waals surface area contributed by atoms with Gasteiger partial charge in [-0.15, -0.1) is 0 Å². The number of oxime groups is 1. The van der Waals surface area contributed by atoms with E-state index >= 15 is 0 Å². The SMILES string of the molecule is CCOC(C)=NOCCCCCC(=O)[O-].[Li+]. The summed E-state index contributed by atoms with van der Waals surface area (Å²) in [4.78, 5) is 15.0. The Kier molecular flexibility index (Phi) is 13.7. The maximum atomic E-state index is 10.1. The minimum Gasteiger partial charge on any atom is -0.550 e. The standard InChI is InChI=1S/C10H19NO4.Li/c1-3-14-9(2)11-15-8-6-4-5-7-10(12)13;/h3-8H2,1-2H3,(H,12,13);/q;+1/p-1. The van der Waals surface area contributed by atoms with Crippen LogP contribution in [0.5, 0.6) is 0 Å². The molecule has 0 saturated carbocycles. The molecular formula is C10H18LiNO4. The molecule has 0 rings (SSSR count). The molecule has 0 heterocycles. The molecule has 0 aliphatic rings. The Morgan fingerprint density at radius 1 is 1.31 bits per heavy atom. The number of carbonyl (C=O) groups is 1. The number of hydrogen-bond donors (Lipinski definition) is 0. The van der Waals surface area contributed by atoms with Crippen LogP contribution >= 0.6 is 0 Å². The van der Waals surface area contributed by atoms with Gasteiger partial charge in [-0.3, -0.25) is 0 Å². The molecule has 0 N–H and O–H groups in total. The minimum atomic E-state index is -0.999. The van der Waals surface area contributed by atoms with Crippen LogP contribution in [0.2, 0.25) is 0 Å². The predicted octanol–water partition coefficient (Wildman–Crippen LogP) is -2.31. The zero-order chi connectivity index (χ0) is 11.5. The first kappa shape index (κ1) is 17.7. The van der Waals surface area contributed by atoms with Gasteiger partial charge in [-0.05, 0) is 32.6 Å². The third kappa shape index (κ3) is 13.3. The average Bonchev–Trinajstić information content (AvgIpc) is 2.16. The van der Waals surface area contributed by atoms with Gasteiger partial charge >= 0.3 is 18.9 Å². The van der Waals surface area contributed by atoms with Gasteiger partial charge in [0.1, 0.15) is 6.61 Å². The van der Waals surface area contributed by atoms with Crippen LogP contribution < -0.4 is 24.0 Å². The molecule has 6 heteroatoms. The second kappa shape index (κ2) is 12.4. The fourth-order valence-corrected chi connectivity index (χ4v) is 0.985. The van der Waals surface area contributed by atoms with Crippen molar-refractivity contribution < 1.29 is 38.3 Å². The molecule has 0 aliphatic heterocycles. The van der Waals surface area contributed by atoms with Crippen LogP contribution in [0.4, 0.5) is 0 Å². The number of carboxylic acids is 1. The van der Waals surface area contributed by atoms with Crippen molar-refractivity contribution in [1.82, 2.24) is 0 Å². The van der Waals surface area contributed by atoms with Crippen LogP contribution in [0.3, 0.4) is 0 Å². The van der Waals surface area contributed by atoms with Crippen molar-refractivity contribution in [2.45, 2.75) is 39.5 Å². The van der Waals surface area contributed by atoms with Crippen molar-refractivity contribution in [3.8, 4) is 0 Å². The van der Waals surface area contributed by atoms with E-state index in [1.807, 2.05) is 6.92 Å². The number of aliphatic carboxylic acids is 1. The summed E-state index contributed by atoms with van der Waals surface area (Å²) >= 11 is 0. The first-order chi connectivity index (χ1) is 7.16. The van der Waals surface area contributed by atoms with E-state index in [1.54, 1.807) is 6.92 Å².